The molecule has 0 bridgehead atoms. The molecule has 0 amide bonds. The average Bonchev–Trinajstić information content (AvgIpc) is 3.04. The van der Waals surface area contributed by atoms with Gasteiger partial charge in [0.05, 0.1) is 6.61 Å². The van der Waals surface area contributed by atoms with Gasteiger partial charge in [-0.15, -0.1) is 0 Å². The Morgan fingerprint density at radius 2 is 1.91 bits per heavy atom. The number of hydrogen-bond acceptors (Lipinski definition) is 2. The van der Waals surface area contributed by atoms with Crippen LogP contribution < -0.4 is 15.4 Å². The smallest absolute Gasteiger partial charge is 0.191 e. The maximum absolute atomic E-state index is 5.72. The lowest BCUT2D eigenvalue weighted by atomic mass is 10.2. The first-order valence-electron chi connectivity index (χ1n) is 8.09. The number of rotatable bonds is 7. The Hall–Kier alpha value is -1.97. The van der Waals surface area contributed by atoms with Crippen molar-refractivity contribution in [1.82, 2.24) is 10.6 Å². The van der Waals surface area contributed by atoms with Gasteiger partial charge in [0.15, 0.2) is 5.96 Å². The first-order chi connectivity index (χ1) is 10.8. The third kappa shape index (κ3) is 5.80. The summed E-state index contributed by atoms with van der Waals surface area (Å²) in [5.74, 6) is 1.85. The van der Waals surface area contributed by atoms with E-state index in [4.69, 9.17) is 4.74 Å². The van der Waals surface area contributed by atoms with Crippen LogP contribution >= 0.6 is 0 Å². The number of unbranched alkanes of at least 4 members (excludes halogenated alkanes) is 1. The summed E-state index contributed by atoms with van der Waals surface area (Å²) < 4.78 is 5.72. The molecule has 0 radical (unpaired) electrons. The molecule has 0 unspecified atom stereocenters. The van der Waals surface area contributed by atoms with Crippen LogP contribution in [-0.2, 0) is 0 Å². The van der Waals surface area contributed by atoms with E-state index in [1.54, 1.807) is 0 Å². The number of hydrogen-bond donors (Lipinski definition) is 2. The second-order valence-electron chi connectivity index (χ2n) is 5.65. The highest BCUT2D eigenvalue weighted by Gasteiger charge is 2.10. The van der Waals surface area contributed by atoms with Crippen LogP contribution in [0.25, 0.3) is 0 Å². The second-order valence-corrected chi connectivity index (χ2v) is 5.65. The Balaban J connectivity index is 1.53. The fraction of sp³-hybridized carbons (Fsp3) is 0.500. The van der Waals surface area contributed by atoms with Gasteiger partial charge in [0.1, 0.15) is 5.75 Å². The van der Waals surface area contributed by atoms with E-state index in [0.29, 0.717) is 6.04 Å². The number of benzene rings is 1. The molecule has 0 aliphatic heterocycles. The van der Waals surface area contributed by atoms with Gasteiger partial charge in [-0.05, 0) is 44.7 Å². The molecule has 0 fully saturated rings. The van der Waals surface area contributed by atoms with E-state index in [1.807, 2.05) is 19.2 Å². The Bertz CT molecular complexity index is 486. The third-order valence-electron chi connectivity index (χ3n) is 3.73. The number of guanidine groups is 1. The molecule has 0 saturated heterocycles. The molecule has 1 aromatic rings. The van der Waals surface area contributed by atoms with Crippen LogP contribution in [0.5, 0.6) is 5.75 Å². The lowest BCUT2D eigenvalue weighted by molar-refractivity contribution is 0.307. The van der Waals surface area contributed by atoms with E-state index in [0.717, 1.165) is 50.5 Å². The summed E-state index contributed by atoms with van der Waals surface area (Å²) in [4.78, 5) is 4.26. The van der Waals surface area contributed by atoms with Crippen LogP contribution in [0.15, 0.2) is 41.4 Å². The largest absolute Gasteiger partial charge is 0.494 e. The van der Waals surface area contributed by atoms with E-state index in [2.05, 4.69) is 46.8 Å². The van der Waals surface area contributed by atoms with Crippen LogP contribution in [0.2, 0.25) is 0 Å². The molecule has 120 valence electrons. The zero-order valence-corrected chi connectivity index (χ0v) is 13.6. The van der Waals surface area contributed by atoms with Crippen molar-refractivity contribution in [1.29, 1.82) is 0 Å². The quantitative estimate of drug-likeness (QED) is 0.352. The van der Waals surface area contributed by atoms with Gasteiger partial charge >= 0.3 is 0 Å². The van der Waals surface area contributed by atoms with Gasteiger partial charge in [0, 0.05) is 19.6 Å². The van der Waals surface area contributed by atoms with E-state index in [1.165, 1.54) is 5.56 Å². The monoisotopic (exact) mass is 301 g/mol. The fourth-order valence-electron chi connectivity index (χ4n) is 2.38. The summed E-state index contributed by atoms with van der Waals surface area (Å²) in [5.41, 5.74) is 1.26. The molecule has 0 spiro atoms. The normalized spacial score (nSPS) is 15.1. The van der Waals surface area contributed by atoms with E-state index >= 15 is 0 Å². The van der Waals surface area contributed by atoms with Crippen molar-refractivity contribution in [2.45, 2.75) is 38.6 Å². The van der Waals surface area contributed by atoms with Crippen molar-refractivity contribution in [2.75, 3.05) is 20.2 Å². The van der Waals surface area contributed by atoms with Crippen LogP contribution in [0, 0.1) is 6.92 Å². The Labute approximate surface area is 133 Å². The van der Waals surface area contributed by atoms with E-state index in [-0.39, 0.29) is 0 Å². The highest BCUT2D eigenvalue weighted by molar-refractivity contribution is 5.80. The predicted molar refractivity (Wildman–Crippen MR) is 92.6 cm³/mol. The second kappa shape index (κ2) is 9.13. The molecule has 1 aliphatic carbocycles. The molecule has 22 heavy (non-hydrogen) atoms. The standard InChI is InChI=1S/C18H27N3O/c1-15-9-11-17(12-10-15)22-14-6-5-13-20-18(19-2)21-16-7-3-4-8-16/h3-4,9-12,16H,5-8,13-14H2,1-2H3,(H2,19,20,21). The Morgan fingerprint density at radius 3 is 2.59 bits per heavy atom. The zero-order valence-electron chi connectivity index (χ0n) is 13.6. The van der Waals surface area contributed by atoms with E-state index < -0.39 is 0 Å². The van der Waals surface area contributed by atoms with Gasteiger partial charge in [-0.1, -0.05) is 29.8 Å². The van der Waals surface area contributed by atoms with Crippen molar-refractivity contribution in [3.05, 3.63) is 42.0 Å². The molecule has 0 aromatic heterocycles. The summed E-state index contributed by atoms with van der Waals surface area (Å²) in [6.07, 6.45) is 8.70. The van der Waals surface area contributed by atoms with E-state index in [9.17, 15) is 0 Å². The van der Waals surface area contributed by atoms with Gasteiger partial charge < -0.3 is 15.4 Å². The molecule has 0 saturated carbocycles. The first kappa shape index (κ1) is 16.4. The van der Waals surface area contributed by atoms with Crippen molar-refractivity contribution in [3.63, 3.8) is 0 Å². The molecule has 2 rings (SSSR count). The molecule has 4 nitrogen and oxygen atoms in total. The van der Waals surface area contributed by atoms with Crippen molar-refractivity contribution >= 4 is 5.96 Å². The van der Waals surface area contributed by atoms with Gasteiger partial charge in [-0.25, -0.2) is 0 Å². The molecule has 2 N–H and O–H groups in total. The van der Waals surface area contributed by atoms with Crippen molar-refractivity contribution < 1.29 is 4.74 Å². The average molecular weight is 301 g/mol. The molecule has 1 aliphatic rings. The SMILES string of the molecule is CN=C(NCCCCOc1ccc(C)cc1)NC1CC=CC1. The van der Waals surface area contributed by atoms with Gasteiger partial charge in [0.2, 0.25) is 0 Å². The summed E-state index contributed by atoms with van der Waals surface area (Å²) in [7, 11) is 1.82. The number of ether oxygens (including phenoxy) is 1. The van der Waals surface area contributed by atoms with Gasteiger partial charge in [-0.2, -0.15) is 0 Å². The minimum atomic E-state index is 0.496. The maximum Gasteiger partial charge on any atom is 0.191 e. The molecular weight excluding hydrogens is 274 g/mol. The van der Waals surface area contributed by atoms with Gasteiger partial charge in [-0.3, -0.25) is 4.99 Å². The van der Waals surface area contributed by atoms with Gasteiger partial charge in [0.25, 0.3) is 0 Å². The van der Waals surface area contributed by atoms with Crippen LogP contribution in [0.3, 0.4) is 0 Å². The minimum absolute atomic E-state index is 0.496. The molecule has 4 heteroatoms. The lowest BCUT2D eigenvalue weighted by Gasteiger charge is -2.16. The highest BCUT2D eigenvalue weighted by Crippen LogP contribution is 2.11. The number of nitrogens with one attached hydrogen (secondary N) is 2. The summed E-state index contributed by atoms with van der Waals surface area (Å²) >= 11 is 0. The summed E-state index contributed by atoms with van der Waals surface area (Å²) in [6.45, 7) is 3.75. The number of aryl methyl sites for hydroxylation is 1. The topological polar surface area (TPSA) is 45.7 Å². The lowest BCUT2D eigenvalue weighted by Crippen LogP contribution is -2.42. The van der Waals surface area contributed by atoms with Crippen LogP contribution in [-0.4, -0.2) is 32.2 Å². The molecule has 1 aromatic carbocycles. The first-order valence-corrected chi connectivity index (χ1v) is 8.09. The molecular formula is C18H27N3O. The fourth-order valence-corrected chi connectivity index (χ4v) is 2.38. The molecule has 0 heterocycles. The summed E-state index contributed by atoms with van der Waals surface area (Å²) in [6, 6.07) is 8.69. The van der Waals surface area contributed by atoms with Crippen LogP contribution in [0.4, 0.5) is 0 Å². The Morgan fingerprint density at radius 1 is 1.18 bits per heavy atom. The number of nitrogens with zero attached hydrogens (tertiary/aromatic N) is 1. The maximum atomic E-state index is 5.72. The third-order valence-corrected chi connectivity index (χ3v) is 3.73. The predicted octanol–water partition coefficient (Wildman–Crippen LogP) is 3.04. The summed E-state index contributed by atoms with van der Waals surface area (Å²) in [5, 5.41) is 6.79. The van der Waals surface area contributed by atoms with Crippen molar-refractivity contribution in [3.8, 4) is 5.75 Å². The highest BCUT2D eigenvalue weighted by atomic mass is 16.5. The van der Waals surface area contributed by atoms with Crippen LogP contribution in [0.1, 0.15) is 31.2 Å². The van der Waals surface area contributed by atoms with Crippen molar-refractivity contribution in [2.24, 2.45) is 4.99 Å². The Kier molecular flexibility index (Phi) is 6.81. The minimum Gasteiger partial charge on any atom is -0.494 e. The molecule has 0 atom stereocenters. The number of aliphatic imine (C=N–C) groups is 1. The zero-order chi connectivity index (χ0) is 15.6.